The Morgan fingerprint density at radius 3 is 1.45 bits per heavy atom. The molecule has 0 bridgehead atoms. The summed E-state index contributed by atoms with van der Waals surface area (Å²) in [5, 5.41) is 0. The molecule has 0 spiro atoms. The molecule has 27 rings (SSSR count). The van der Waals surface area contributed by atoms with Crippen LogP contribution in [0.4, 0.5) is 11.4 Å². The number of anilines is 2. The van der Waals surface area contributed by atoms with Crippen molar-refractivity contribution in [3.63, 3.8) is 0 Å². The van der Waals surface area contributed by atoms with Gasteiger partial charge in [0, 0.05) is 165 Å². The van der Waals surface area contributed by atoms with Crippen molar-refractivity contribution in [3.05, 3.63) is 249 Å². The molecule has 0 radical (unpaired) electrons. The van der Waals surface area contributed by atoms with Gasteiger partial charge in [-0.3, -0.25) is 29.4 Å². The van der Waals surface area contributed by atoms with E-state index >= 15 is 0 Å². The highest BCUT2D eigenvalue weighted by molar-refractivity contribution is 7.99. The molecule has 7 aromatic rings. The number of hydrogen-bond donors (Lipinski definition) is 0. The van der Waals surface area contributed by atoms with E-state index < -0.39 is 0 Å². The average molecular weight is 2000 g/mol. The number of fused-ring (bicyclic) bond motifs is 18. The molecule has 14 heteroatoms. The van der Waals surface area contributed by atoms with Gasteiger partial charge in [-0.15, -0.1) is 0 Å². The number of nitrogens with zero attached hydrogens (tertiary/aromatic N) is 12. The van der Waals surface area contributed by atoms with Crippen molar-refractivity contribution in [1.29, 1.82) is 0 Å². The fourth-order valence-corrected chi connectivity index (χ4v) is 31.9. The van der Waals surface area contributed by atoms with Crippen LogP contribution >= 0.6 is 11.8 Å². The predicted molar refractivity (Wildman–Crippen MR) is 627 cm³/mol. The van der Waals surface area contributed by atoms with Gasteiger partial charge in [-0.1, -0.05) is 215 Å². The van der Waals surface area contributed by atoms with Gasteiger partial charge < -0.3 is 34.1 Å². The number of benzene rings is 7. The fraction of sp³-hybridized carbons (Fsp3) is 0.652. The third-order valence-corrected chi connectivity index (χ3v) is 42.6. The van der Waals surface area contributed by atoms with Crippen molar-refractivity contribution >= 4 is 35.3 Å². The summed E-state index contributed by atoms with van der Waals surface area (Å²) in [6.07, 6.45) is 48.2. The molecule has 800 valence electrons. The number of piperidine rings is 2. The lowest BCUT2D eigenvalue weighted by atomic mass is 9.71. The molecular formula is C132H200N12OS. The van der Waals surface area contributed by atoms with Crippen LogP contribution in [0, 0.1) is 47.3 Å². The summed E-state index contributed by atoms with van der Waals surface area (Å²) in [5.74, 6) is 11.4. The minimum atomic E-state index is 0.506. The first-order valence-electron chi connectivity index (χ1n) is 59.1. The Morgan fingerprint density at radius 2 is 0.774 bits per heavy atom. The Morgan fingerprint density at radius 1 is 0.288 bits per heavy atom. The second-order valence-corrected chi connectivity index (χ2v) is 50.8. The summed E-state index contributed by atoms with van der Waals surface area (Å²) in [7, 11) is 26.9. The highest BCUT2D eigenvalue weighted by Gasteiger charge is 2.48. The molecule has 28 unspecified atom stereocenters. The highest BCUT2D eigenvalue weighted by Crippen LogP contribution is 2.51. The second-order valence-electron chi connectivity index (χ2n) is 49.7. The number of likely N-dealkylation sites (tertiary alicyclic amines) is 8. The van der Waals surface area contributed by atoms with E-state index in [4.69, 9.17) is 4.74 Å². The number of rotatable bonds is 0. The monoisotopic (exact) mass is 2000 g/mol. The first-order valence-corrected chi connectivity index (χ1v) is 60.3. The Hall–Kier alpha value is -6.63. The molecule has 14 aliphatic heterocycles. The Bertz CT molecular complexity index is 5050. The van der Waals surface area contributed by atoms with Crippen LogP contribution in [0.25, 0.3) is 12.2 Å². The lowest BCUT2D eigenvalue weighted by molar-refractivity contribution is 0.0447. The van der Waals surface area contributed by atoms with Gasteiger partial charge in [0.15, 0.2) is 0 Å². The molecule has 0 amide bonds. The van der Waals surface area contributed by atoms with Crippen molar-refractivity contribution in [2.45, 2.75) is 384 Å². The first kappa shape index (κ1) is 112. The van der Waals surface area contributed by atoms with E-state index in [0.717, 1.165) is 145 Å². The van der Waals surface area contributed by atoms with Crippen LogP contribution in [0.3, 0.4) is 0 Å². The van der Waals surface area contributed by atoms with E-state index in [1.54, 1.807) is 33.4 Å². The summed E-state index contributed by atoms with van der Waals surface area (Å²) in [5.41, 5.74) is 20.9. The van der Waals surface area contributed by atoms with Crippen LogP contribution in [0.2, 0.25) is 0 Å². The number of hydrogen-bond acceptors (Lipinski definition) is 14. The third-order valence-electron chi connectivity index (χ3n) is 41.4. The highest BCUT2D eigenvalue weighted by atomic mass is 32.2. The maximum absolute atomic E-state index is 5.39. The van der Waals surface area contributed by atoms with E-state index in [1.165, 1.54) is 249 Å². The van der Waals surface area contributed by atoms with Crippen LogP contribution in [0.15, 0.2) is 182 Å². The van der Waals surface area contributed by atoms with Gasteiger partial charge in [0.2, 0.25) is 0 Å². The SMILES string of the molecule is CC1C2CCCCC2CCN1C.CC1C=Cc2ccccc2N1C.CC1CC2CCCCC2N1C.CC1CC2CCc3ccccc3C2N1C.CC1CC2COCC2N1C.CC1CC2CSCC2N1C.CC1CC2Cc3ccccc3C2N1C.CC1CC2c3ccccc3CC2N1C.CC1CCC2CCCCC2N1C.CC1CCc2ccccc2N1C.CC1c2ccccc2C=CN1C.CC1c2ccccc2CCN1C. The van der Waals surface area contributed by atoms with Gasteiger partial charge in [0.1, 0.15) is 0 Å². The largest absolute Gasteiger partial charge is 0.379 e. The number of thioether (sulfide) groups is 1. The zero-order valence-electron chi connectivity index (χ0n) is 95.9. The third kappa shape index (κ3) is 26.5. The quantitative estimate of drug-likeness (QED) is 0.145. The molecule has 13 nitrogen and oxygen atoms in total. The van der Waals surface area contributed by atoms with E-state index in [0.29, 0.717) is 36.3 Å². The fourth-order valence-electron chi connectivity index (χ4n) is 30.4. The molecular weight excluding hydrogens is 1800 g/mol. The van der Waals surface area contributed by atoms with E-state index in [9.17, 15) is 0 Å². The van der Waals surface area contributed by atoms with Crippen molar-refractivity contribution in [3.8, 4) is 0 Å². The van der Waals surface area contributed by atoms with Crippen molar-refractivity contribution in [2.75, 3.05) is 132 Å². The topological polar surface area (TPSA) is 48.1 Å². The number of likely N-dealkylation sites (N-methyl/N-ethyl adjacent to an activating group) is 4. The van der Waals surface area contributed by atoms with Gasteiger partial charge in [-0.2, -0.15) is 11.8 Å². The molecule has 0 aromatic heterocycles. The zero-order valence-corrected chi connectivity index (χ0v) is 96.7. The van der Waals surface area contributed by atoms with Gasteiger partial charge in [-0.05, 0) is 426 Å². The van der Waals surface area contributed by atoms with E-state index in [2.05, 4.69) is 433 Å². The predicted octanol–water partition coefficient (Wildman–Crippen LogP) is 27.6. The molecule has 28 atom stereocenters. The molecule has 20 aliphatic rings. The standard InChI is InChI=1S/C14H19N.2C13H17N.C11H21N.C11H15N.C11H13N.C11H21N.C11H15N.C11H13N.C10H19N.C8H15NO.C8H15NS/c1-10-9-12-8-7-11-5-3-4-6-13(11)14(12)15(10)2;1-9-7-11-8-10-5-3-4-6-12(10)13(11)14(9)2;1-9-7-12-11-6-4-3-5-10(11)8-13(12)14(9)2;3*1-9-11-6-4-3-5-10(11)7-8-12(9)2;3*1-9-7-8-10-5-3-4-6-11(10)12(9)2;1-8-7-9-5-3-4-6-10(9)11(8)2;2*1-6-3-7-4-10-5-8(7)9(6)2/h3-6,10,12,14H,7-9H2,1-2H3;3-6,9,11,13H,7-8H2,1-2H3;3-6,9,12-13H,7-8H2,1-2H3;9-11H,3-8H2,1-2H3;3-6,9H,7-8H2,1-2H3;3-9H,1-2H3;9-11H,3-8H2,1-2H3;3-6,9H,7-8H2,1-2H3;3-9H,1-2H3;8-10H,3-7H2,1-2H3;2*6-8H,3-5H2,1-2H3. The van der Waals surface area contributed by atoms with Gasteiger partial charge >= 0.3 is 0 Å². The molecule has 6 aliphatic carbocycles. The average Bonchev–Trinajstić information content (AvgIpc) is 1.61. The minimum Gasteiger partial charge on any atom is -0.379 e. The van der Waals surface area contributed by atoms with Crippen LogP contribution in [0.5, 0.6) is 0 Å². The molecule has 13 fully saturated rings. The van der Waals surface area contributed by atoms with Crippen molar-refractivity contribution in [1.82, 2.24) is 49.0 Å². The van der Waals surface area contributed by atoms with Gasteiger partial charge in [0.05, 0.1) is 19.3 Å². The van der Waals surface area contributed by atoms with Crippen LogP contribution in [0.1, 0.15) is 328 Å². The molecule has 3 saturated carbocycles. The Balaban J connectivity index is 0.000000114. The number of aryl methyl sites for hydroxylation is 2. The van der Waals surface area contributed by atoms with Crippen LogP contribution < -0.4 is 9.80 Å². The number of para-hydroxylation sites is 2. The van der Waals surface area contributed by atoms with E-state index in [-0.39, 0.29) is 0 Å². The maximum Gasteiger partial charge on any atom is 0.0625 e. The maximum atomic E-state index is 5.39. The molecule has 146 heavy (non-hydrogen) atoms. The van der Waals surface area contributed by atoms with Gasteiger partial charge in [0.25, 0.3) is 0 Å². The lowest BCUT2D eigenvalue weighted by Crippen LogP contribution is -2.48. The summed E-state index contributed by atoms with van der Waals surface area (Å²) < 4.78 is 5.39. The lowest BCUT2D eigenvalue weighted by Gasteiger charge is -2.45. The van der Waals surface area contributed by atoms with Gasteiger partial charge in [-0.25, -0.2) is 0 Å². The Kier molecular flexibility index (Phi) is 40.1. The smallest absolute Gasteiger partial charge is 0.0625 e. The van der Waals surface area contributed by atoms with E-state index in [1.807, 2.05) is 0 Å². The molecule has 7 aromatic carbocycles. The molecule has 14 heterocycles. The number of ether oxygens (including phenoxy) is 1. The normalized spacial score (nSPS) is 34.9. The summed E-state index contributed by atoms with van der Waals surface area (Å²) >= 11 is 2.13. The van der Waals surface area contributed by atoms with Crippen molar-refractivity contribution in [2.24, 2.45) is 47.3 Å². The molecule has 10 saturated heterocycles. The summed E-state index contributed by atoms with van der Waals surface area (Å²) in [4.78, 5) is 29.8. The van der Waals surface area contributed by atoms with Crippen molar-refractivity contribution < 1.29 is 4.74 Å². The van der Waals surface area contributed by atoms with Crippen LogP contribution in [-0.2, 0) is 36.8 Å². The molecule has 0 N–H and O–H groups in total. The summed E-state index contributed by atoms with van der Waals surface area (Å²) in [6, 6.07) is 75.9. The second kappa shape index (κ2) is 52.3. The first-order chi connectivity index (χ1) is 70.4. The zero-order chi connectivity index (χ0) is 103. The Labute approximate surface area is 895 Å². The summed E-state index contributed by atoms with van der Waals surface area (Å²) in [6.45, 7) is 32.4. The minimum absolute atomic E-state index is 0.506. The van der Waals surface area contributed by atoms with Crippen LogP contribution in [-0.4, -0.2) is 262 Å².